The molecule has 29 heavy (non-hydrogen) atoms. The predicted molar refractivity (Wildman–Crippen MR) is 124 cm³/mol. The maximum absolute atomic E-state index is 12.2. The molecule has 1 aliphatic rings. The number of imidazole rings is 1. The van der Waals surface area contributed by atoms with Crippen molar-refractivity contribution in [2.75, 3.05) is 26.2 Å². The summed E-state index contributed by atoms with van der Waals surface area (Å²) in [5.74, 6) is -0.0976. The number of rotatable bonds is 8. The molecule has 9 heteroatoms. The zero-order valence-corrected chi connectivity index (χ0v) is 19.0. The smallest absolute Gasteiger partial charge is 0.237 e. The quantitative estimate of drug-likeness (QED) is 0.630. The van der Waals surface area contributed by atoms with E-state index in [0.29, 0.717) is 13.0 Å². The molecule has 1 atom stereocenters. The van der Waals surface area contributed by atoms with Crippen molar-refractivity contribution in [1.82, 2.24) is 19.8 Å². The van der Waals surface area contributed by atoms with Crippen molar-refractivity contribution in [2.45, 2.75) is 38.3 Å². The van der Waals surface area contributed by atoms with E-state index in [1.807, 2.05) is 29.0 Å². The van der Waals surface area contributed by atoms with E-state index in [-0.39, 0.29) is 43.1 Å². The van der Waals surface area contributed by atoms with Gasteiger partial charge in [0, 0.05) is 32.3 Å². The molecule has 1 aromatic heterocycles. The van der Waals surface area contributed by atoms with Crippen LogP contribution >= 0.6 is 37.2 Å². The van der Waals surface area contributed by atoms with Crippen LogP contribution in [-0.4, -0.2) is 52.6 Å². The molecule has 3 rings (SSSR count). The summed E-state index contributed by atoms with van der Waals surface area (Å²) in [4.78, 5) is 19.0. The van der Waals surface area contributed by atoms with Crippen LogP contribution in [0.25, 0.3) is 0 Å². The number of hydrogen-bond donors (Lipinski definition) is 2. The van der Waals surface area contributed by atoms with Gasteiger partial charge in [0.25, 0.3) is 0 Å². The third-order valence-corrected chi connectivity index (χ3v) is 4.84. The zero-order chi connectivity index (χ0) is 18.2. The number of nitrogens with zero attached hydrogens (tertiary/aromatic N) is 3. The molecule has 1 aromatic carbocycles. The third-order valence-electron chi connectivity index (χ3n) is 4.84. The van der Waals surface area contributed by atoms with E-state index in [9.17, 15) is 4.79 Å². The number of amides is 1. The molecular formula is C20H32Cl3N5O. The van der Waals surface area contributed by atoms with Gasteiger partial charge in [-0.1, -0.05) is 36.8 Å². The Morgan fingerprint density at radius 2 is 1.79 bits per heavy atom. The van der Waals surface area contributed by atoms with Crippen LogP contribution in [0.4, 0.5) is 0 Å². The van der Waals surface area contributed by atoms with Gasteiger partial charge in [-0.3, -0.25) is 4.79 Å². The van der Waals surface area contributed by atoms with Gasteiger partial charge in [0.15, 0.2) is 0 Å². The van der Waals surface area contributed by atoms with E-state index in [2.05, 4.69) is 27.3 Å². The van der Waals surface area contributed by atoms with Crippen LogP contribution in [0.15, 0.2) is 42.9 Å². The lowest BCUT2D eigenvalue weighted by molar-refractivity contribution is -0.122. The average molecular weight is 465 g/mol. The number of benzene rings is 1. The summed E-state index contributed by atoms with van der Waals surface area (Å²) in [5, 5.41) is 2.96. The molecule has 0 unspecified atom stereocenters. The molecule has 0 spiro atoms. The van der Waals surface area contributed by atoms with Crippen molar-refractivity contribution < 1.29 is 4.79 Å². The van der Waals surface area contributed by atoms with Gasteiger partial charge in [0.05, 0.1) is 18.1 Å². The summed E-state index contributed by atoms with van der Waals surface area (Å²) >= 11 is 0. The molecule has 0 radical (unpaired) electrons. The maximum atomic E-state index is 12.2. The first-order valence-electron chi connectivity index (χ1n) is 9.51. The third kappa shape index (κ3) is 9.36. The van der Waals surface area contributed by atoms with Crippen molar-refractivity contribution in [1.29, 1.82) is 0 Å². The summed E-state index contributed by atoms with van der Waals surface area (Å²) in [6.45, 7) is 4.62. The van der Waals surface area contributed by atoms with Crippen molar-refractivity contribution >= 4 is 43.1 Å². The van der Waals surface area contributed by atoms with Crippen LogP contribution in [-0.2, 0) is 17.8 Å². The molecule has 1 saturated heterocycles. The number of nitrogens with one attached hydrogen (secondary N) is 1. The molecule has 164 valence electrons. The highest BCUT2D eigenvalue weighted by Crippen LogP contribution is 2.08. The van der Waals surface area contributed by atoms with Crippen LogP contribution in [0.2, 0.25) is 0 Å². The Morgan fingerprint density at radius 3 is 2.48 bits per heavy atom. The van der Waals surface area contributed by atoms with Crippen LogP contribution in [0.1, 0.15) is 30.5 Å². The highest BCUT2D eigenvalue weighted by Gasteiger charge is 2.16. The number of nitrogens with two attached hydrogens (primary N) is 1. The fourth-order valence-electron chi connectivity index (χ4n) is 3.36. The van der Waals surface area contributed by atoms with Gasteiger partial charge >= 0.3 is 0 Å². The van der Waals surface area contributed by atoms with Crippen LogP contribution in [0.5, 0.6) is 0 Å². The molecule has 0 aliphatic carbocycles. The number of aromatic nitrogens is 2. The lowest BCUT2D eigenvalue weighted by Gasteiger charge is -2.26. The standard InChI is InChI=1S/C20H29N5O.3ClH/c21-19(20(26)22-9-12-24-10-5-2-6-11-24)13-18-15-25(16-23-18)14-17-7-3-1-4-8-17;;;/h1,3-4,7-8,15-16,19H,2,5-6,9-14,21H2,(H,22,26);3*1H/t19-;;;/m0.../s1. The van der Waals surface area contributed by atoms with Crippen molar-refractivity contribution in [3.05, 3.63) is 54.1 Å². The Hall–Kier alpha value is -1.31. The van der Waals surface area contributed by atoms with Crippen molar-refractivity contribution in [3.63, 3.8) is 0 Å². The van der Waals surface area contributed by atoms with Gasteiger partial charge in [0.1, 0.15) is 0 Å². The minimum Gasteiger partial charge on any atom is -0.353 e. The second-order valence-electron chi connectivity index (χ2n) is 7.03. The average Bonchev–Trinajstić information content (AvgIpc) is 3.10. The minimum atomic E-state index is -0.559. The fraction of sp³-hybridized carbons (Fsp3) is 0.500. The largest absolute Gasteiger partial charge is 0.353 e. The summed E-state index contributed by atoms with van der Waals surface area (Å²) < 4.78 is 2.02. The molecule has 6 nitrogen and oxygen atoms in total. The van der Waals surface area contributed by atoms with Gasteiger partial charge in [-0.2, -0.15) is 0 Å². The second kappa shape index (κ2) is 14.6. The molecule has 2 heterocycles. The highest BCUT2D eigenvalue weighted by atomic mass is 35.5. The summed E-state index contributed by atoms with van der Waals surface area (Å²) in [5.41, 5.74) is 8.12. The highest BCUT2D eigenvalue weighted by molar-refractivity contribution is 5.86. The molecule has 1 amide bonds. The van der Waals surface area contributed by atoms with E-state index >= 15 is 0 Å². The Balaban J connectivity index is 0.00000261. The summed E-state index contributed by atoms with van der Waals surface area (Å²) in [7, 11) is 0. The number of carbonyl (C=O) groups is 1. The minimum absolute atomic E-state index is 0. The molecule has 1 aliphatic heterocycles. The Kier molecular flexibility index (Phi) is 14.0. The number of hydrogen-bond acceptors (Lipinski definition) is 4. The second-order valence-corrected chi connectivity index (χ2v) is 7.03. The van der Waals surface area contributed by atoms with Crippen molar-refractivity contribution in [3.8, 4) is 0 Å². The van der Waals surface area contributed by atoms with E-state index in [1.165, 1.54) is 24.8 Å². The number of carbonyl (C=O) groups excluding carboxylic acids is 1. The maximum Gasteiger partial charge on any atom is 0.237 e. The van der Waals surface area contributed by atoms with E-state index in [4.69, 9.17) is 5.73 Å². The Morgan fingerprint density at radius 1 is 1.10 bits per heavy atom. The van der Waals surface area contributed by atoms with E-state index in [1.54, 1.807) is 6.33 Å². The van der Waals surface area contributed by atoms with Gasteiger partial charge in [0.2, 0.25) is 5.91 Å². The monoisotopic (exact) mass is 463 g/mol. The Bertz CT molecular complexity index is 692. The topological polar surface area (TPSA) is 76.2 Å². The molecule has 3 N–H and O–H groups in total. The number of piperidine rings is 1. The summed E-state index contributed by atoms with van der Waals surface area (Å²) in [6, 6.07) is 9.67. The molecule has 0 bridgehead atoms. The van der Waals surface area contributed by atoms with Gasteiger partial charge < -0.3 is 20.5 Å². The lowest BCUT2D eigenvalue weighted by Crippen LogP contribution is -2.45. The predicted octanol–water partition coefficient (Wildman–Crippen LogP) is 2.67. The first-order chi connectivity index (χ1) is 12.7. The fourth-order valence-corrected chi connectivity index (χ4v) is 3.36. The van der Waals surface area contributed by atoms with Gasteiger partial charge in [-0.15, -0.1) is 37.2 Å². The number of likely N-dealkylation sites (tertiary alicyclic amines) is 1. The van der Waals surface area contributed by atoms with Gasteiger partial charge in [-0.25, -0.2) is 4.98 Å². The van der Waals surface area contributed by atoms with E-state index < -0.39 is 6.04 Å². The van der Waals surface area contributed by atoms with Crippen LogP contribution < -0.4 is 11.1 Å². The normalized spacial score (nSPS) is 14.7. The van der Waals surface area contributed by atoms with E-state index in [0.717, 1.165) is 31.9 Å². The Labute approximate surface area is 191 Å². The first kappa shape index (κ1) is 27.7. The molecule has 2 aromatic rings. The van der Waals surface area contributed by atoms with Crippen molar-refractivity contribution in [2.24, 2.45) is 5.73 Å². The first-order valence-corrected chi connectivity index (χ1v) is 9.51. The van der Waals surface area contributed by atoms with Crippen LogP contribution in [0.3, 0.4) is 0 Å². The molecule has 1 fully saturated rings. The van der Waals surface area contributed by atoms with Crippen LogP contribution in [0, 0.1) is 0 Å². The van der Waals surface area contributed by atoms with Gasteiger partial charge in [-0.05, 0) is 31.5 Å². The molecule has 0 saturated carbocycles. The summed E-state index contributed by atoms with van der Waals surface area (Å²) in [6.07, 6.45) is 8.07. The SMILES string of the molecule is Cl.Cl.Cl.N[C@@H](Cc1cn(Cc2ccccc2)cn1)C(=O)NCCN1CCCCC1. The lowest BCUT2D eigenvalue weighted by atomic mass is 10.1. The number of halogens is 3. The molecular weight excluding hydrogens is 433 g/mol. The zero-order valence-electron chi connectivity index (χ0n) is 16.5.